The number of amides is 1. The van der Waals surface area contributed by atoms with E-state index in [1.807, 2.05) is 25.7 Å². The molecule has 1 saturated heterocycles. The van der Waals surface area contributed by atoms with E-state index >= 15 is 0 Å². The summed E-state index contributed by atoms with van der Waals surface area (Å²) in [6.45, 7) is 11.5. The minimum Gasteiger partial charge on any atom is -0.444 e. The van der Waals surface area contributed by atoms with Crippen LogP contribution in [0.2, 0.25) is 0 Å². The van der Waals surface area contributed by atoms with Crippen LogP contribution in [0.5, 0.6) is 0 Å². The van der Waals surface area contributed by atoms with Gasteiger partial charge in [-0.3, -0.25) is 4.90 Å². The van der Waals surface area contributed by atoms with Crippen LogP contribution in [0.3, 0.4) is 0 Å². The topological polar surface area (TPSA) is 32.8 Å². The van der Waals surface area contributed by atoms with Crippen molar-refractivity contribution in [1.29, 1.82) is 0 Å². The summed E-state index contributed by atoms with van der Waals surface area (Å²) in [7, 11) is 2.09. The summed E-state index contributed by atoms with van der Waals surface area (Å²) in [4.78, 5) is 16.1. The average molecular weight is 228 g/mol. The third kappa shape index (κ3) is 3.37. The summed E-state index contributed by atoms with van der Waals surface area (Å²) in [6, 6.07) is 0.611. The number of nitrogens with zero attached hydrogens (tertiary/aromatic N) is 2. The van der Waals surface area contributed by atoms with Gasteiger partial charge in [0.15, 0.2) is 0 Å². The summed E-state index contributed by atoms with van der Waals surface area (Å²) < 4.78 is 5.40. The second-order valence-electron chi connectivity index (χ2n) is 5.77. The van der Waals surface area contributed by atoms with Gasteiger partial charge in [0.2, 0.25) is 0 Å². The smallest absolute Gasteiger partial charge is 0.410 e. The van der Waals surface area contributed by atoms with Crippen LogP contribution in [0.15, 0.2) is 0 Å². The zero-order chi connectivity index (χ0) is 12.5. The number of carbonyl (C=O) groups excluding carboxylic acids is 1. The maximum Gasteiger partial charge on any atom is 0.410 e. The molecule has 0 saturated carbocycles. The molecule has 1 fully saturated rings. The molecule has 1 aliphatic rings. The van der Waals surface area contributed by atoms with Crippen LogP contribution in [-0.2, 0) is 4.74 Å². The molecule has 94 valence electrons. The molecule has 1 aliphatic heterocycles. The summed E-state index contributed by atoms with van der Waals surface area (Å²) in [6.07, 6.45) is -0.194. The highest BCUT2D eigenvalue weighted by Crippen LogP contribution is 2.17. The van der Waals surface area contributed by atoms with Gasteiger partial charge < -0.3 is 9.64 Å². The Labute approximate surface area is 98.5 Å². The molecule has 1 amide bonds. The number of rotatable bonds is 0. The fourth-order valence-corrected chi connectivity index (χ4v) is 1.87. The summed E-state index contributed by atoms with van der Waals surface area (Å²) >= 11 is 0. The molecule has 0 aromatic rings. The van der Waals surface area contributed by atoms with Gasteiger partial charge in [-0.25, -0.2) is 4.79 Å². The monoisotopic (exact) mass is 228 g/mol. The number of likely N-dealkylation sites (N-methyl/N-ethyl adjacent to an activating group) is 1. The van der Waals surface area contributed by atoms with Gasteiger partial charge in [0.1, 0.15) is 5.60 Å². The second-order valence-corrected chi connectivity index (χ2v) is 5.77. The molecular weight excluding hydrogens is 204 g/mol. The van der Waals surface area contributed by atoms with Crippen LogP contribution in [0.25, 0.3) is 0 Å². The Morgan fingerprint density at radius 1 is 1.19 bits per heavy atom. The third-order valence-corrected chi connectivity index (χ3v) is 2.93. The van der Waals surface area contributed by atoms with Crippen LogP contribution in [-0.4, -0.2) is 53.7 Å². The van der Waals surface area contributed by atoms with Gasteiger partial charge in [0.25, 0.3) is 0 Å². The third-order valence-electron chi connectivity index (χ3n) is 2.93. The quantitative estimate of drug-likeness (QED) is 0.635. The first-order chi connectivity index (χ1) is 7.20. The molecule has 0 aromatic heterocycles. The molecule has 0 radical (unpaired) electrons. The highest BCUT2D eigenvalue weighted by molar-refractivity contribution is 5.68. The van der Waals surface area contributed by atoms with E-state index in [0.717, 1.165) is 13.1 Å². The van der Waals surface area contributed by atoms with Crippen molar-refractivity contribution in [2.24, 2.45) is 0 Å². The highest BCUT2D eigenvalue weighted by Gasteiger charge is 2.32. The van der Waals surface area contributed by atoms with Crippen molar-refractivity contribution in [3.8, 4) is 0 Å². The van der Waals surface area contributed by atoms with Crippen molar-refractivity contribution < 1.29 is 9.53 Å². The number of hydrogen-bond donors (Lipinski definition) is 0. The summed E-state index contributed by atoms with van der Waals surface area (Å²) in [5.41, 5.74) is -0.413. The molecule has 4 heteroatoms. The zero-order valence-electron chi connectivity index (χ0n) is 11.3. The maximum absolute atomic E-state index is 12.0. The van der Waals surface area contributed by atoms with Crippen molar-refractivity contribution in [1.82, 2.24) is 9.80 Å². The minimum absolute atomic E-state index is 0.194. The number of hydrogen-bond acceptors (Lipinski definition) is 3. The lowest BCUT2D eigenvalue weighted by Gasteiger charge is -2.42. The van der Waals surface area contributed by atoms with E-state index < -0.39 is 5.60 Å². The van der Waals surface area contributed by atoms with Gasteiger partial charge in [0.05, 0.1) is 0 Å². The number of piperazine rings is 1. The Balaban J connectivity index is 2.62. The van der Waals surface area contributed by atoms with E-state index in [0.29, 0.717) is 6.04 Å². The molecule has 4 nitrogen and oxygen atoms in total. The van der Waals surface area contributed by atoms with Crippen LogP contribution in [0.4, 0.5) is 4.79 Å². The number of ether oxygens (including phenoxy) is 1. The van der Waals surface area contributed by atoms with Crippen molar-refractivity contribution >= 4 is 6.09 Å². The Hall–Kier alpha value is -0.770. The Morgan fingerprint density at radius 3 is 2.25 bits per heavy atom. The molecule has 0 bridgehead atoms. The van der Waals surface area contributed by atoms with Gasteiger partial charge >= 0.3 is 6.09 Å². The summed E-state index contributed by atoms with van der Waals surface area (Å²) in [5.74, 6) is 0. The lowest BCUT2D eigenvalue weighted by molar-refractivity contribution is -0.00532. The Morgan fingerprint density at radius 2 is 1.75 bits per heavy atom. The lowest BCUT2D eigenvalue weighted by atomic mass is 10.1. The molecule has 1 rings (SSSR count). The first-order valence-electron chi connectivity index (χ1n) is 5.90. The van der Waals surface area contributed by atoms with Crippen molar-refractivity contribution in [3.05, 3.63) is 0 Å². The van der Waals surface area contributed by atoms with Gasteiger partial charge in [-0.15, -0.1) is 0 Å². The van der Waals surface area contributed by atoms with E-state index in [1.54, 1.807) is 0 Å². The number of carbonyl (C=O) groups is 1. The first-order valence-corrected chi connectivity index (χ1v) is 5.90. The van der Waals surface area contributed by atoms with E-state index in [4.69, 9.17) is 4.74 Å². The molecular formula is C12H24N2O2. The summed E-state index contributed by atoms with van der Waals surface area (Å²) in [5, 5.41) is 0. The fourth-order valence-electron chi connectivity index (χ4n) is 1.87. The molecule has 0 aliphatic carbocycles. The van der Waals surface area contributed by atoms with Gasteiger partial charge in [-0.2, -0.15) is 0 Å². The molecule has 0 aromatic carbocycles. The Bertz CT molecular complexity index is 260. The zero-order valence-corrected chi connectivity index (χ0v) is 11.3. The largest absolute Gasteiger partial charge is 0.444 e. The van der Waals surface area contributed by atoms with Gasteiger partial charge in [-0.05, 0) is 41.7 Å². The molecule has 0 unspecified atom stereocenters. The highest BCUT2D eigenvalue weighted by atomic mass is 16.6. The Kier molecular flexibility index (Phi) is 3.84. The fraction of sp³-hybridized carbons (Fsp3) is 0.917. The van der Waals surface area contributed by atoms with Crippen LogP contribution < -0.4 is 0 Å². The molecule has 16 heavy (non-hydrogen) atoms. The first kappa shape index (κ1) is 13.3. The van der Waals surface area contributed by atoms with E-state index in [9.17, 15) is 4.79 Å². The molecule has 2 atom stereocenters. The maximum atomic E-state index is 12.0. The standard InChI is InChI=1S/C12H24N2O2/c1-9-8-14(10(2)7-13(9)6)11(15)16-12(3,4)5/h9-10H,7-8H2,1-6H3/t9-,10-/m1/s1. The predicted octanol–water partition coefficient (Wildman–Crippen LogP) is 1.95. The van der Waals surface area contributed by atoms with Crippen molar-refractivity contribution in [3.63, 3.8) is 0 Å². The second kappa shape index (κ2) is 4.62. The van der Waals surface area contributed by atoms with Crippen molar-refractivity contribution in [2.45, 2.75) is 52.3 Å². The van der Waals surface area contributed by atoms with Crippen LogP contribution >= 0.6 is 0 Å². The van der Waals surface area contributed by atoms with E-state index in [-0.39, 0.29) is 12.1 Å². The van der Waals surface area contributed by atoms with Crippen LogP contribution in [0.1, 0.15) is 34.6 Å². The minimum atomic E-state index is -0.413. The van der Waals surface area contributed by atoms with Crippen LogP contribution in [0, 0.1) is 0 Å². The predicted molar refractivity (Wildman–Crippen MR) is 64.5 cm³/mol. The van der Waals surface area contributed by atoms with E-state index in [1.165, 1.54) is 0 Å². The van der Waals surface area contributed by atoms with Gasteiger partial charge in [-0.1, -0.05) is 0 Å². The SMILES string of the molecule is C[C@@H]1CN(C(=O)OC(C)(C)C)[C@H](C)CN1C. The molecule has 1 heterocycles. The van der Waals surface area contributed by atoms with Gasteiger partial charge in [0, 0.05) is 25.2 Å². The molecule has 0 spiro atoms. The van der Waals surface area contributed by atoms with E-state index in [2.05, 4.69) is 25.8 Å². The van der Waals surface area contributed by atoms with Crippen molar-refractivity contribution in [2.75, 3.05) is 20.1 Å². The average Bonchev–Trinajstić information content (AvgIpc) is 2.08. The molecule has 0 N–H and O–H groups in total. The normalized spacial score (nSPS) is 28.0. The lowest BCUT2D eigenvalue weighted by Crippen LogP contribution is -2.57.